The van der Waals surface area contributed by atoms with Gasteiger partial charge in [-0.25, -0.2) is 0 Å². The molecule has 0 aromatic heterocycles. The molecule has 0 saturated carbocycles. The Morgan fingerprint density at radius 1 is 1.36 bits per heavy atom. The fraction of sp³-hybridized carbons (Fsp3) is 0.143. The van der Waals surface area contributed by atoms with Crippen LogP contribution in [0.3, 0.4) is 0 Å². The van der Waals surface area contributed by atoms with Gasteiger partial charge in [0.25, 0.3) is 0 Å². The lowest BCUT2D eigenvalue weighted by molar-refractivity contribution is 0.542. The zero-order valence-corrected chi connectivity index (χ0v) is 7.36. The minimum Gasteiger partial charge on any atom is -0.772 e. The highest BCUT2D eigenvalue weighted by Gasteiger charge is 1.89. The molecule has 0 radical (unpaired) electrons. The van der Waals surface area contributed by atoms with Gasteiger partial charge in [-0.05, 0) is 23.2 Å². The van der Waals surface area contributed by atoms with E-state index >= 15 is 0 Å². The SMILES string of the molecule is O=S([O-])CSc1ccccc1. The van der Waals surface area contributed by atoms with Crippen molar-refractivity contribution in [3.8, 4) is 0 Å². The van der Waals surface area contributed by atoms with Gasteiger partial charge in [-0.2, -0.15) is 0 Å². The van der Waals surface area contributed by atoms with Crippen LogP contribution in [-0.4, -0.2) is 13.8 Å². The van der Waals surface area contributed by atoms with Gasteiger partial charge >= 0.3 is 0 Å². The highest BCUT2D eigenvalue weighted by Crippen LogP contribution is 2.16. The van der Waals surface area contributed by atoms with Crippen LogP contribution in [0.4, 0.5) is 0 Å². The van der Waals surface area contributed by atoms with Crippen molar-refractivity contribution >= 4 is 22.8 Å². The summed E-state index contributed by atoms with van der Waals surface area (Å²) in [5, 5.41) is 0.129. The van der Waals surface area contributed by atoms with Crippen molar-refractivity contribution in [2.75, 3.05) is 5.08 Å². The molecule has 0 N–H and O–H groups in total. The Balaban J connectivity index is 2.45. The van der Waals surface area contributed by atoms with Crippen LogP contribution >= 0.6 is 11.8 Å². The van der Waals surface area contributed by atoms with Gasteiger partial charge in [-0.3, -0.25) is 4.21 Å². The molecular weight excluding hydrogens is 180 g/mol. The quantitative estimate of drug-likeness (QED) is 0.533. The smallest absolute Gasteiger partial charge is 0.0607 e. The lowest BCUT2D eigenvalue weighted by atomic mass is 10.4. The third kappa shape index (κ3) is 3.55. The van der Waals surface area contributed by atoms with Crippen LogP contribution in [0.5, 0.6) is 0 Å². The Morgan fingerprint density at radius 3 is 2.55 bits per heavy atom. The van der Waals surface area contributed by atoms with E-state index in [2.05, 4.69) is 0 Å². The summed E-state index contributed by atoms with van der Waals surface area (Å²) in [6, 6.07) is 9.44. The molecular formula is C7H7O2S2-. The van der Waals surface area contributed by atoms with Gasteiger partial charge in [0.2, 0.25) is 0 Å². The monoisotopic (exact) mass is 187 g/mol. The standard InChI is InChI=1S/C7H8O2S2/c8-11(9)6-10-7-4-2-1-3-5-7/h1-5H,6H2,(H,8,9)/p-1. The zero-order chi connectivity index (χ0) is 8.10. The van der Waals surface area contributed by atoms with Crippen LogP contribution in [-0.2, 0) is 11.1 Å². The molecule has 0 amide bonds. The Morgan fingerprint density at radius 2 is 2.00 bits per heavy atom. The van der Waals surface area contributed by atoms with E-state index in [0.29, 0.717) is 0 Å². The van der Waals surface area contributed by atoms with Crippen LogP contribution in [0.1, 0.15) is 0 Å². The van der Waals surface area contributed by atoms with E-state index in [0.717, 1.165) is 4.90 Å². The first-order chi connectivity index (χ1) is 5.29. The second-order valence-electron chi connectivity index (χ2n) is 1.88. The Hall–Kier alpha value is -0.320. The van der Waals surface area contributed by atoms with E-state index in [1.165, 1.54) is 11.8 Å². The highest BCUT2D eigenvalue weighted by molar-refractivity contribution is 8.08. The molecule has 0 saturated heterocycles. The predicted molar refractivity (Wildman–Crippen MR) is 46.1 cm³/mol. The fourth-order valence-corrected chi connectivity index (χ4v) is 1.91. The molecule has 0 bridgehead atoms. The molecule has 0 spiro atoms. The molecule has 1 unspecified atom stereocenters. The highest BCUT2D eigenvalue weighted by atomic mass is 32.2. The summed E-state index contributed by atoms with van der Waals surface area (Å²) in [6.45, 7) is 0. The van der Waals surface area contributed by atoms with Gasteiger partial charge < -0.3 is 4.55 Å². The number of hydrogen-bond donors (Lipinski definition) is 0. The molecule has 60 valence electrons. The molecule has 1 aromatic rings. The molecule has 0 aliphatic rings. The molecule has 1 atom stereocenters. The lowest BCUT2D eigenvalue weighted by Crippen LogP contribution is -1.88. The first-order valence-electron chi connectivity index (χ1n) is 3.03. The molecule has 0 aliphatic carbocycles. The average Bonchev–Trinajstić information content (AvgIpc) is 2.03. The maximum Gasteiger partial charge on any atom is 0.0607 e. The third-order valence-corrected chi connectivity index (χ3v) is 2.91. The Kier molecular flexibility index (Phi) is 3.62. The summed E-state index contributed by atoms with van der Waals surface area (Å²) in [5.74, 6) is 0. The number of hydrogen-bond acceptors (Lipinski definition) is 3. The molecule has 2 nitrogen and oxygen atoms in total. The van der Waals surface area contributed by atoms with E-state index in [9.17, 15) is 8.76 Å². The second-order valence-corrected chi connectivity index (χ2v) is 4.19. The van der Waals surface area contributed by atoms with Crippen molar-refractivity contribution in [1.82, 2.24) is 0 Å². The van der Waals surface area contributed by atoms with E-state index in [1.807, 2.05) is 30.3 Å². The number of benzene rings is 1. The summed E-state index contributed by atoms with van der Waals surface area (Å²) in [5.41, 5.74) is 0. The summed E-state index contributed by atoms with van der Waals surface area (Å²) < 4.78 is 20.3. The zero-order valence-electron chi connectivity index (χ0n) is 5.73. The molecule has 0 fully saturated rings. The van der Waals surface area contributed by atoms with E-state index < -0.39 is 11.1 Å². The van der Waals surface area contributed by atoms with Crippen molar-refractivity contribution in [3.05, 3.63) is 30.3 Å². The molecule has 1 aromatic carbocycles. The van der Waals surface area contributed by atoms with Crippen molar-refractivity contribution in [3.63, 3.8) is 0 Å². The fourth-order valence-electron chi connectivity index (χ4n) is 0.633. The van der Waals surface area contributed by atoms with Crippen LogP contribution in [0.2, 0.25) is 0 Å². The maximum atomic E-state index is 10.2. The van der Waals surface area contributed by atoms with Crippen molar-refractivity contribution in [1.29, 1.82) is 0 Å². The van der Waals surface area contributed by atoms with E-state index in [-0.39, 0.29) is 5.08 Å². The average molecular weight is 187 g/mol. The van der Waals surface area contributed by atoms with Gasteiger partial charge in [0.05, 0.1) is 5.08 Å². The molecule has 4 heteroatoms. The van der Waals surface area contributed by atoms with Crippen molar-refractivity contribution in [2.24, 2.45) is 0 Å². The largest absolute Gasteiger partial charge is 0.772 e. The van der Waals surface area contributed by atoms with Gasteiger partial charge in [-0.1, -0.05) is 18.2 Å². The van der Waals surface area contributed by atoms with Crippen molar-refractivity contribution < 1.29 is 8.76 Å². The lowest BCUT2D eigenvalue weighted by Gasteiger charge is -2.03. The third-order valence-electron chi connectivity index (χ3n) is 1.07. The van der Waals surface area contributed by atoms with Gasteiger partial charge in [-0.15, -0.1) is 11.8 Å². The van der Waals surface area contributed by atoms with Gasteiger partial charge in [0.15, 0.2) is 0 Å². The Bertz CT molecular complexity index is 235. The first-order valence-corrected chi connectivity index (χ1v) is 5.26. The van der Waals surface area contributed by atoms with E-state index in [4.69, 9.17) is 0 Å². The minimum absolute atomic E-state index is 0.129. The van der Waals surface area contributed by atoms with Crippen molar-refractivity contribution in [2.45, 2.75) is 4.90 Å². The predicted octanol–water partition coefficient (Wildman–Crippen LogP) is 1.62. The van der Waals surface area contributed by atoms with Crippen LogP contribution in [0.15, 0.2) is 35.2 Å². The molecule has 1 rings (SSSR count). The maximum absolute atomic E-state index is 10.2. The number of thioether (sulfide) groups is 1. The first kappa shape index (κ1) is 8.77. The summed E-state index contributed by atoms with van der Waals surface area (Å²) >= 11 is -0.637. The molecule has 11 heavy (non-hydrogen) atoms. The summed E-state index contributed by atoms with van der Waals surface area (Å²) in [7, 11) is 0. The summed E-state index contributed by atoms with van der Waals surface area (Å²) in [6.07, 6.45) is 0. The van der Waals surface area contributed by atoms with Crippen LogP contribution in [0, 0.1) is 0 Å². The van der Waals surface area contributed by atoms with Gasteiger partial charge in [0, 0.05) is 4.90 Å². The van der Waals surface area contributed by atoms with Gasteiger partial charge in [0.1, 0.15) is 0 Å². The topological polar surface area (TPSA) is 40.1 Å². The molecule has 0 aliphatic heterocycles. The Labute approximate surface area is 72.3 Å². The van der Waals surface area contributed by atoms with E-state index in [1.54, 1.807) is 0 Å². The van der Waals surface area contributed by atoms with Crippen LogP contribution < -0.4 is 0 Å². The normalized spacial score (nSPS) is 12.8. The number of rotatable bonds is 3. The second kappa shape index (κ2) is 4.54. The summed E-state index contributed by atoms with van der Waals surface area (Å²) in [4.78, 5) is 0.983. The van der Waals surface area contributed by atoms with Crippen LogP contribution in [0.25, 0.3) is 0 Å². The minimum atomic E-state index is -1.95. The molecule has 0 heterocycles.